The predicted molar refractivity (Wildman–Crippen MR) is 174 cm³/mol. The van der Waals surface area contributed by atoms with Crippen LogP contribution in [0.1, 0.15) is 42.1 Å². The summed E-state index contributed by atoms with van der Waals surface area (Å²) in [6.45, 7) is 2.37. The van der Waals surface area contributed by atoms with E-state index in [4.69, 9.17) is 16.3 Å². The number of hydrogen-bond donors (Lipinski definition) is 2. The maximum absolute atomic E-state index is 14.4. The Labute approximate surface area is 266 Å². The van der Waals surface area contributed by atoms with E-state index in [1.165, 1.54) is 24.5 Å². The van der Waals surface area contributed by atoms with Crippen molar-refractivity contribution in [1.82, 2.24) is 9.62 Å². The molecule has 1 atom stereocenters. The standard InChI is InChI=1S/C32H34ClN3O6S2/c1-3-32(15-17-36(32)30(38)27-21-43-29-8-5-4-7-26(27)29)31(39)35(24-12-10-23(33)11-13-24)16-6-18-44(40,41)34-20-22-9-14-25(42-2)19-28(22)37/h4-5,7-14,19,21,34,37H,3,6,15-18,20H2,1-2H3. The molecule has 0 radical (unpaired) electrons. The highest BCUT2D eigenvalue weighted by atomic mass is 35.5. The minimum atomic E-state index is -3.74. The van der Waals surface area contributed by atoms with Crippen LogP contribution >= 0.6 is 22.9 Å². The summed E-state index contributed by atoms with van der Waals surface area (Å²) in [5.41, 5.74) is 0.503. The largest absolute Gasteiger partial charge is 0.507 e. The predicted octanol–water partition coefficient (Wildman–Crippen LogP) is 5.81. The summed E-state index contributed by atoms with van der Waals surface area (Å²) in [5.74, 6) is -0.305. The van der Waals surface area contributed by atoms with E-state index in [1.54, 1.807) is 46.2 Å². The first-order valence-corrected chi connectivity index (χ1v) is 17.2. The van der Waals surface area contributed by atoms with Crippen LogP contribution in [0.5, 0.6) is 11.5 Å². The molecule has 3 aromatic carbocycles. The molecular weight excluding hydrogens is 622 g/mol. The lowest BCUT2D eigenvalue weighted by Crippen LogP contribution is -2.69. The van der Waals surface area contributed by atoms with Gasteiger partial charge in [0.15, 0.2) is 0 Å². The van der Waals surface area contributed by atoms with Crippen molar-refractivity contribution in [2.45, 2.75) is 38.3 Å². The summed E-state index contributed by atoms with van der Waals surface area (Å²) >= 11 is 7.63. The van der Waals surface area contributed by atoms with Gasteiger partial charge >= 0.3 is 0 Å². The van der Waals surface area contributed by atoms with Crippen molar-refractivity contribution in [1.29, 1.82) is 0 Å². The summed E-state index contributed by atoms with van der Waals surface area (Å²) in [7, 11) is -2.27. The molecule has 0 aliphatic carbocycles. The Morgan fingerprint density at radius 1 is 1.14 bits per heavy atom. The zero-order valence-corrected chi connectivity index (χ0v) is 26.8. The summed E-state index contributed by atoms with van der Waals surface area (Å²) in [4.78, 5) is 31.4. The second-order valence-corrected chi connectivity index (χ2v) is 13.9. The third-order valence-electron chi connectivity index (χ3n) is 8.16. The van der Waals surface area contributed by atoms with Gasteiger partial charge in [-0.15, -0.1) is 11.3 Å². The Balaban J connectivity index is 1.32. The highest BCUT2D eigenvalue weighted by molar-refractivity contribution is 7.89. The average Bonchev–Trinajstić information content (AvgIpc) is 3.43. The van der Waals surface area contributed by atoms with Crippen molar-refractivity contribution >= 4 is 60.5 Å². The van der Waals surface area contributed by atoms with Gasteiger partial charge in [-0.05, 0) is 55.7 Å². The number of likely N-dealkylation sites (tertiary alicyclic amines) is 1. The van der Waals surface area contributed by atoms with Gasteiger partial charge in [0.2, 0.25) is 10.0 Å². The van der Waals surface area contributed by atoms with Crippen LogP contribution in [0, 0.1) is 0 Å². The van der Waals surface area contributed by atoms with Gasteiger partial charge in [0.25, 0.3) is 11.8 Å². The molecule has 1 unspecified atom stereocenters. The number of thiophene rings is 1. The number of phenolic OH excluding ortho intramolecular Hbond substituents is 1. The van der Waals surface area contributed by atoms with Crippen molar-refractivity contribution < 1.29 is 27.9 Å². The summed E-state index contributed by atoms with van der Waals surface area (Å²) in [6.07, 6.45) is 1.06. The fourth-order valence-electron chi connectivity index (χ4n) is 5.53. The molecule has 1 aliphatic heterocycles. The molecular formula is C32H34ClN3O6S2. The molecule has 232 valence electrons. The number of halogens is 1. The number of nitrogens with one attached hydrogen (secondary N) is 1. The van der Waals surface area contributed by atoms with Crippen molar-refractivity contribution in [2.75, 3.05) is 30.9 Å². The molecule has 0 saturated carbocycles. The van der Waals surface area contributed by atoms with E-state index in [0.717, 1.165) is 10.1 Å². The molecule has 0 bridgehead atoms. The number of methoxy groups -OCH3 is 1. The number of rotatable bonds is 12. The van der Waals surface area contributed by atoms with E-state index in [1.807, 2.05) is 36.6 Å². The number of benzene rings is 3. The normalized spacial score (nSPS) is 16.5. The van der Waals surface area contributed by atoms with E-state index >= 15 is 0 Å². The van der Waals surface area contributed by atoms with Crippen molar-refractivity contribution in [3.8, 4) is 11.5 Å². The lowest BCUT2D eigenvalue weighted by molar-refractivity contribution is -0.136. The number of nitrogens with zero attached hydrogens (tertiary/aromatic N) is 2. The van der Waals surface area contributed by atoms with Crippen LogP contribution in [0.4, 0.5) is 5.69 Å². The molecule has 2 N–H and O–H groups in total. The molecule has 4 aromatic rings. The second-order valence-electron chi connectivity index (χ2n) is 10.7. The van der Waals surface area contributed by atoms with Crippen LogP contribution < -0.4 is 14.4 Å². The van der Waals surface area contributed by atoms with Gasteiger partial charge in [0, 0.05) is 57.4 Å². The molecule has 2 amide bonds. The molecule has 5 rings (SSSR count). The molecule has 44 heavy (non-hydrogen) atoms. The Morgan fingerprint density at radius 3 is 2.55 bits per heavy atom. The summed E-state index contributed by atoms with van der Waals surface area (Å²) in [6, 6.07) is 19.1. The fourth-order valence-corrected chi connectivity index (χ4v) is 7.62. The first kappa shape index (κ1) is 31.8. The number of ether oxygens (including phenoxy) is 1. The number of aromatic hydroxyl groups is 1. The molecule has 1 aliphatic rings. The molecule has 12 heteroatoms. The average molecular weight is 656 g/mol. The number of hydrogen-bond acceptors (Lipinski definition) is 7. The van der Waals surface area contributed by atoms with Crippen LogP contribution in [-0.2, 0) is 21.4 Å². The van der Waals surface area contributed by atoms with Gasteiger partial charge in [-0.25, -0.2) is 13.1 Å². The fraction of sp³-hybridized carbons (Fsp3) is 0.312. The number of carbonyl (C=O) groups is 2. The number of sulfonamides is 1. The molecule has 1 fully saturated rings. The zero-order valence-electron chi connectivity index (χ0n) is 24.5. The topological polar surface area (TPSA) is 116 Å². The van der Waals surface area contributed by atoms with Gasteiger partial charge in [0.05, 0.1) is 18.4 Å². The van der Waals surface area contributed by atoms with Crippen LogP contribution in [0.2, 0.25) is 5.02 Å². The number of anilines is 1. The third kappa shape index (κ3) is 6.41. The van der Waals surface area contributed by atoms with Gasteiger partial charge in [0.1, 0.15) is 17.0 Å². The Kier molecular flexibility index (Phi) is 9.50. The molecule has 0 spiro atoms. The summed E-state index contributed by atoms with van der Waals surface area (Å²) in [5, 5.41) is 13.4. The van der Waals surface area contributed by atoms with Gasteiger partial charge in [-0.1, -0.05) is 42.8 Å². The molecule has 2 heterocycles. The number of phenols is 1. The van der Waals surface area contributed by atoms with E-state index < -0.39 is 15.6 Å². The number of amides is 2. The maximum Gasteiger partial charge on any atom is 0.256 e. The minimum absolute atomic E-state index is 0.0773. The lowest BCUT2D eigenvalue weighted by Gasteiger charge is -2.52. The molecule has 1 saturated heterocycles. The molecule has 9 nitrogen and oxygen atoms in total. The van der Waals surface area contributed by atoms with Crippen LogP contribution in [0.3, 0.4) is 0 Å². The Bertz CT molecular complexity index is 1770. The summed E-state index contributed by atoms with van der Waals surface area (Å²) < 4.78 is 34.4. The highest BCUT2D eigenvalue weighted by Crippen LogP contribution is 2.40. The monoisotopic (exact) mass is 655 g/mol. The Hall–Kier alpha value is -3.64. The lowest BCUT2D eigenvalue weighted by atomic mass is 9.79. The van der Waals surface area contributed by atoms with Gasteiger partial charge in [-0.3, -0.25) is 9.59 Å². The van der Waals surface area contributed by atoms with Crippen LogP contribution in [0.15, 0.2) is 72.1 Å². The SMILES string of the molecule is CCC1(C(=O)N(CCCS(=O)(=O)NCc2ccc(OC)cc2O)c2ccc(Cl)cc2)CCN1C(=O)c1csc2ccccc12. The Morgan fingerprint density at radius 2 is 1.89 bits per heavy atom. The third-order valence-corrected chi connectivity index (χ3v) is 10.8. The second kappa shape index (κ2) is 13.2. The smallest absolute Gasteiger partial charge is 0.256 e. The van der Waals surface area contributed by atoms with Gasteiger partial charge < -0.3 is 19.6 Å². The number of carbonyl (C=O) groups excluding carboxylic acids is 2. The van der Waals surface area contributed by atoms with E-state index in [-0.39, 0.29) is 42.8 Å². The quantitative estimate of drug-likeness (QED) is 0.199. The first-order valence-electron chi connectivity index (χ1n) is 14.3. The van der Waals surface area contributed by atoms with E-state index in [0.29, 0.717) is 47.0 Å². The number of fused-ring (bicyclic) bond motifs is 1. The first-order chi connectivity index (χ1) is 21.1. The maximum atomic E-state index is 14.4. The van der Waals surface area contributed by atoms with E-state index in [9.17, 15) is 23.1 Å². The van der Waals surface area contributed by atoms with Crippen LogP contribution in [-0.4, -0.2) is 61.7 Å². The van der Waals surface area contributed by atoms with Crippen molar-refractivity contribution in [3.63, 3.8) is 0 Å². The molecule has 1 aromatic heterocycles. The van der Waals surface area contributed by atoms with Crippen molar-refractivity contribution in [2.24, 2.45) is 0 Å². The van der Waals surface area contributed by atoms with Crippen molar-refractivity contribution in [3.05, 3.63) is 88.3 Å². The van der Waals surface area contributed by atoms with E-state index in [2.05, 4.69) is 4.72 Å². The van der Waals surface area contributed by atoms with Gasteiger partial charge in [-0.2, -0.15) is 0 Å². The minimum Gasteiger partial charge on any atom is -0.507 e. The highest BCUT2D eigenvalue weighted by Gasteiger charge is 2.54. The van der Waals surface area contributed by atoms with Crippen LogP contribution in [0.25, 0.3) is 10.1 Å². The zero-order chi connectivity index (χ0) is 31.5.